The summed E-state index contributed by atoms with van der Waals surface area (Å²) in [7, 11) is 0. The lowest BCUT2D eigenvalue weighted by Gasteiger charge is -2.21. The fourth-order valence-corrected chi connectivity index (χ4v) is 2.44. The molecule has 1 heterocycles. The van der Waals surface area contributed by atoms with E-state index in [2.05, 4.69) is 34.3 Å². The molecule has 0 atom stereocenters. The number of anilines is 2. The molecule has 1 amide bonds. The van der Waals surface area contributed by atoms with E-state index in [0.29, 0.717) is 11.4 Å². The molecule has 0 aliphatic carbocycles. The Hall–Kier alpha value is -2.50. The molecule has 0 radical (unpaired) electrons. The van der Waals surface area contributed by atoms with Crippen molar-refractivity contribution < 1.29 is 9.18 Å². The summed E-state index contributed by atoms with van der Waals surface area (Å²) < 4.78 is 13.6. The minimum atomic E-state index is -0.385. The number of halogens is 1. The molecule has 0 aliphatic rings. The Morgan fingerprint density at radius 2 is 1.79 bits per heavy atom. The lowest BCUT2D eigenvalue weighted by atomic mass is 10.1. The Morgan fingerprint density at radius 1 is 1.08 bits per heavy atom. The van der Waals surface area contributed by atoms with Crippen LogP contribution in [0.15, 0.2) is 36.4 Å². The van der Waals surface area contributed by atoms with E-state index < -0.39 is 0 Å². The second kappa shape index (κ2) is 8.96. The molecule has 0 bridgehead atoms. The number of carbonyl (C=O) groups excluding carboxylic acids is 1. The van der Waals surface area contributed by atoms with E-state index in [4.69, 9.17) is 0 Å². The zero-order valence-electron chi connectivity index (χ0n) is 14.1. The van der Waals surface area contributed by atoms with Crippen LogP contribution in [-0.2, 0) is 11.2 Å². The number of rotatable bonds is 8. The molecular formula is C18H23FN4O. The molecule has 0 saturated carbocycles. The number of amides is 1. The van der Waals surface area contributed by atoms with Crippen molar-refractivity contribution in [2.45, 2.75) is 33.1 Å². The van der Waals surface area contributed by atoms with Crippen molar-refractivity contribution in [3.05, 3.63) is 47.8 Å². The first-order valence-corrected chi connectivity index (χ1v) is 8.26. The highest BCUT2D eigenvalue weighted by Crippen LogP contribution is 2.13. The molecule has 0 fully saturated rings. The summed E-state index contributed by atoms with van der Waals surface area (Å²) in [5.41, 5.74) is 0.358. The molecule has 0 saturated heterocycles. The fourth-order valence-electron chi connectivity index (χ4n) is 2.44. The van der Waals surface area contributed by atoms with E-state index in [9.17, 15) is 9.18 Å². The van der Waals surface area contributed by atoms with Crippen molar-refractivity contribution in [2.75, 3.05) is 23.3 Å². The Morgan fingerprint density at radius 3 is 2.38 bits per heavy atom. The number of nitrogens with one attached hydrogen (secondary N) is 1. The Balaban J connectivity index is 1.98. The Bertz CT molecular complexity index is 654. The normalized spacial score (nSPS) is 10.5. The summed E-state index contributed by atoms with van der Waals surface area (Å²) >= 11 is 0. The third-order valence-electron chi connectivity index (χ3n) is 3.54. The second-order valence-corrected chi connectivity index (χ2v) is 5.58. The van der Waals surface area contributed by atoms with Gasteiger partial charge in [0, 0.05) is 13.1 Å². The van der Waals surface area contributed by atoms with Crippen LogP contribution < -0.4 is 10.2 Å². The smallest absolute Gasteiger partial charge is 0.230 e. The number of aromatic nitrogens is 2. The van der Waals surface area contributed by atoms with Crippen LogP contribution >= 0.6 is 0 Å². The van der Waals surface area contributed by atoms with Crippen molar-refractivity contribution in [2.24, 2.45) is 0 Å². The molecule has 1 aromatic carbocycles. The zero-order valence-corrected chi connectivity index (χ0v) is 14.1. The first-order valence-electron chi connectivity index (χ1n) is 8.26. The van der Waals surface area contributed by atoms with Crippen LogP contribution in [0.25, 0.3) is 0 Å². The van der Waals surface area contributed by atoms with Gasteiger partial charge in [-0.1, -0.05) is 32.0 Å². The van der Waals surface area contributed by atoms with Crippen LogP contribution in [0.4, 0.5) is 16.0 Å². The summed E-state index contributed by atoms with van der Waals surface area (Å²) in [6.07, 6.45) is 2.03. The van der Waals surface area contributed by atoms with Gasteiger partial charge in [-0.15, -0.1) is 10.2 Å². The summed E-state index contributed by atoms with van der Waals surface area (Å²) in [5.74, 6) is 0.462. The number of carbonyl (C=O) groups is 1. The van der Waals surface area contributed by atoms with Gasteiger partial charge in [-0.05, 0) is 36.6 Å². The molecule has 6 heteroatoms. The van der Waals surface area contributed by atoms with Crippen molar-refractivity contribution in [1.29, 1.82) is 0 Å². The summed E-state index contributed by atoms with van der Waals surface area (Å²) in [6, 6.07) is 9.80. The average Bonchev–Trinajstić information content (AvgIpc) is 2.57. The lowest BCUT2D eigenvalue weighted by Crippen LogP contribution is -2.26. The van der Waals surface area contributed by atoms with Crippen LogP contribution in [-0.4, -0.2) is 29.2 Å². The molecule has 5 nitrogen and oxygen atoms in total. The third-order valence-corrected chi connectivity index (χ3v) is 3.54. The second-order valence-electron chi connectivity index (χ2n) is 5.58. The quantitative estimate of drug-likeness (QED) is 0.806. The van der Waals surface area contributed by atoms with Crippen LogP contribution in [0, 0.1) is 5.82 Å². The molecule has 1 aromatic heterocycles. The first kappa shape index (κ1) is 17.8. The predicted molar refractivity (Wildman–Crippen MR) is 93.6 cm³/mol. The molecule has 128 valence electrons. The van der Waals surface area contributed by atoms with Crippen molar-refractivity contribution >= 4 is 17.5 Å². The van der Waals surface area contributed by atoms with Crippen LogP contribution in [0.5, 0.6) is 0 Å². The number of hydrogen-bond donors (Lipinski definition) is 1. The SMILES string of the molecule is CCCN(CCC)c1ccc(NC(=O)Cc2ccccc2F)nn1. The number of benzene rings is 1. The average molecular weight is 330 g/mol. The summed E-state index contributed by atoms with van der Waals surface area (Å²) in [6.45, 7) is 6.07. The molecule has 24 heavy (non-hydrogen) atoms. The molecule has 1 N–H and O–H groups in total. The van der Waals surface area contributed by atoms with Gasteiger partial charge < -0.3 is 10.2 Å². The van der Waals surface area contributed by atoms with Gasteiger partial charge >= 0.3 is 0 Å². The third kappa shape index (κ3) is 5.01. The topological polar surface area (TPSA) is 58.1 Å². The molecular weight excluding hydrogens is 307 g/mol. The summed E-state index contributed by atoms with van der Waals surface area (Å²) in [5, 5.41) is 10.9. The van der Waals surface area contributed by atoms with Gasteiger partial charge in [0.2, 0.25) is 5.91 Å². The van der Waals surface area contributed by atoms with Crippen LogP contribution in [0.3, 0.4) is 0 Å². The minimum absolute atomic E-state index is 0.0338. The molecule has 0 spiro atoms. The largest absolute Gasteiger partial charge is 0.355 e. The van der Waals surface area contributed by atoms with Crippen LogP contribution in [0.1, 0.15) is 32.3 Å². The van der Waals surface area contributed by atoms with Crippen LogP contribution in [0.2, 0.25) is 0 Å². The molecule has 0 aliphatic heterocycles. The minimum Gasteiger partial charge on any atom is -0.355 e. The zero-order chi connectivity index (χ0) is 17.4. The highest BCUT2D eigenvalue weighted by Gasteiger charge is 2.10. The molecule has 2 rings (SSSR count). The van der Waals surface area contributed by atoms with Gasteiger partial charge in [0.25, 0.3) is 0 Å². The van der Waals surface area contributed by atoms with Gasteiger partial charge in [-0.3, -0.25) is 4.79 Å². The predicted octanol–water partition coefficient (Wildman–Crippen LogP) is 3.42. The van der Waals surface area contributed by atoms with Gasteiger partial charge in [-0.2, -0.15) is 0 Å². The van der Waals surface area contributed by atoms with Crippen molar-refractivity contribution in [3.63, 3.8) is 0 Å². The van der Waals surface area contributed by atoms with Gasteiger partial charge in [0.05, 0.1) is 6.42 Å². The number of nitrogens with zero attached hydrogens (tertiary/aromatic N) is 3. The number of hydrogen-bond acceptors (Lipinski definition) is 4. The monoisotopic (exact) mass is 330 g/mol. The Kier molecular flexibility index (Phi) is 6.66. The maximum absolute atomic E-state index is 13.6. The molecule has 2 aromatic rings. The van der Waals surface area contributed by atoms with Gasteiger partial charge in [0.1, 0.15) is 5.82 Å². The van der Waals surface area contributed by atoms with E-state index in [1.54, 1.807) is 24.3 Å². The maximum atomic E-state index is 13.6. The van der Waals surface area contributed by atoms with E-state index in [-0.39, 0.29) is 18.1 Å². The van der Waals surface area contributed by atoms with E-state index in [1.165, 1.54) is 6.07 Å². The lowest BCUT2D eigenvalue weighted by molar-refractivity contribution is -0.115. The van der Waals surface area contributed by atoms with E-state index in [0.717, 1.165) is 31.7 Å². The maximum Gasteiger partial charge on any atom is 0.230 e. The summed E-state index contributed by atoms with van der Waals surface area (Å²) in [4.78, 5) is 14.2. The fraction of sp³-hybridized carbons (Fsp3) is 0.389. The van der Waals surface area contributed by atoms with E-state index in [1.807, 2.05) is 6.07 Å². The van der Waals surface area contributed by atoms with E-state index >= 15 is 0 Å². The highest BCUT2D eigenvalue weighted by molar-refractivity contribution is 5.91. The standard InChI is InChI=1S/C18H23FN4O/c1-3-11-23(12-4-2)17-10-9-16(21-22-17)20-18(24)13-14-7-5-6-8-15(14)19/h5-10H,3-4,11-13H2,1-2H3,(H,20,21,24). The molecule has 0 unspecified atom stereocenters. The van der Waals surface area contributed by atoms with Gasteiger partial charge in [0.15, 0.2) is 11.6 Å². The Labute approximate surface area is 141 Å². The first-order chi connectivity index (χ1) is 11.6. The van der Waals surface area contributed by atoms with Crippen molar-refractivity contribution in [3.8, 4) is 0 Å². The van der Waals surface area contributed by atoms with Gasteiger partial charge in [-0.25, -0.2) is 4.39 Å². The van der Waals surface area contributed by atoms with Crippen molar-refractivity contribution in [1.82, 2.24) is 10.2 Å². The highest BCUT2D eigenvalue weighted by atomic mass is 19.1.